The first-order valence-corrected chi connectivity index (χ1v) is 6.69. The summed E-state index contributed by atoms with van der Waals surface area (Å²) in [6.07, 6.45) is 2.30. The highest BCUT2D eigenvalue weighted by Gasteiger charge is 2.19. The summed E-state index contributed by atoms with van der Waals surface area (Å²) in [7, 11) is 0. The van der Waals surface area contributed by atoms with E-state index in [9.17, 15) is 0 Å². The third kappa shape index (κ3) is 3.68. The van der Waals surface area contributed by atoms with Gasteiger partial charge in [-0.15, -0.1) is 5.10 Å². The Morgan fingerprint density at radius 1 is 1.44 bits per heavy atom. The van der Waals surface area contributed by atoms with Crippen molar-refractivity contribution in [1.29, 1.82) is 0 Å². The molecule has 1 atom stereocenters. The molecule has 0 saturated carbocycles. The van der Waals surface area contributed by atoms with Crippen LogP contribution in [0.4, 0.5) is 6.01 Å². The second-order valence-electron chi connectivity index (χ2n) is 4.64. The van der Waals surface area contributed by atoms with Crippen molar-refractivity contribution in [3.8, 4) is 0 Å². The lowest BCUT2D eigenvalue weighted by molar-refractivity contribution is 0.0818. The third-order valence-corrected chi connectivity index (χ3v) is 2.88. The number of nitrogens with one attached hydrogen (secondary N) is 1. The van der Waals surface area contributed by atoms with Crippen LogP contribution in [-0.4, -0.2) is 42.5 Å². The van der Waals surface area contributed by atoms with Gasteiger partial charge in [-0.2, -0.15) is 0 Å². The average molecular weight is 254 g/mol. The molecule has 6 heteroatoms. The first kappa shape index (κ1) is 13.3. The summed E-state index contributed by atoms with van der Waals surface area (Å²) in [5.41, 5.74) is 0. The minimum absolute atomic E-state index is 0.209. The van der Waals surface area contributed by atoms with Gasteiger partial charge in [-0.1, -0.05) is 12.0 Å². The summed E-state index contributed by atoms with van der Waals surface area (Å²) < 4.78 is 11.3. The van der Waals surface area contributed by atoms with Gasteiger partial charge in [-0.05, 0) is 26.3 Å². The summed E-state index contributed by atoms with van der Waals surface area (Å²) >= 11 is 0. The molecule has 1 saturated heterocycles. The van der Waals surface area contributed by atoms with Crippen LogP contribution in [-0.2, 0) is 11.3 Å². The van der Waals surface area contributed by atoms with Gasteiger partial charge in [-0.25, -0.2) is 0 Å². The molecule has 1 aliphatic rings. The Labute approximate surface area is 108 Å². The molecule has 1 aromatic heterocycles. The third-order valence-electron chi connectivity index (χ3n) is 2.88. The lowest BCUT2D eigenvalue weighted by Crippen LogP contribution is -2.30. The maximum atomic E-state index is 5.66. The summed E-state index contributed by atoms with van der Waals surface area (Å²) in [5, 5.41) is 11.4. The quantitative estimate of drug-likeness (QED) is 0.796. The fourth-order valence-electron chi connectivity index (χ4n) is 1.98. The molecule has 0 aromatic carbocycles. The number of aromatic nitrogens is 2. The molecule has 1 aromatic rings. The average Bonchev–Trinajstić information content (AvgIpc) is 2.72. The first-order chi connectivity index (χ1) is 8.79. The van der Waals surface area contributed by atoms with E-state index >= 15 is 0 Å². The Bertz CT molecular complexity index is 356. The van der Waals surface area contributed by atoms with E-state index in [0.29, 0.717) is 18.5 Å². The van der Waals surface area contributed by atoms with Crippen molar-refractivity contribution >= 4 is 6.01 Å². The highest BCUT2D eigenvalue weighted by Crippen LogP contribution is 2.16. The number of rotatable bonds is 5. The van der Waals surface area contributed by atoms with Crippen LogP contribution in [0.25, 0.3) is 0 Å². The largest absolute Gasteiger partial charge is 0.407 e. The zero-order chi connectivity index (χ0) is 12.8. The van der Waals surface area contributed by atoms with Gasteiger partial charge < -0.3 is 19.4 Å². The SMILES string of the molecule is CCCNCc1nnc(N2CCCOC(C)C2)o1. The fourth-order valence-corrected chi connectivity index (χ4v) is 1.98. The van der Waals surface area contributed by atoms with Crippen LogP contribution >= 0.6 is 0 Å². The van der Waals surface area contributed by atoms with Gasteiger partial charge in [0.1, 0.15) is 0 Å². The van der Waals surface area contributed by atoms with Crippen LogP contribution < -0.4 is 10.2 Å². The van der Waals surface area contributed by atoms with Crippen molar-refractivity contribution in [2.45, 2.75) is 39.3 Å². The van der Waals surface area contributed by atoms with Gasteiger partial charge in [0.05, 0.1) is 12.6 Å². The Morgan fingerprint density at radius 2 is 2.33 bits per heavy atom. The smallest absolute Gasteiger partial charge is 0.318 e. The number of hydrogen-bond acceptors (Lipinski definition) is 6. The summed E-state index contributed by atoms with van der Waals surface area (Å²) in [6, 6.07) is 0.612. The van der Waals surface area contributed by atoms with Crippen LogP contribution in [0.3, 0.4) is 0 Å². The van der Waals surface area contributed by atoms with E-state index in [4.69, 9.17) is 9.15 Å². The lowest BCUT2D eigenvalue weighted by Gasteiger charge is -2.18. The first-order valence-electron chi connectivity index (χ1n) is 6.69. The van der Waals surface area contributed by atoms with Crippen LogP contribution in [0.2, 0.25) is 0 Å². The van der Waals surface area contributed by atoms with Crippen molar-refractivity contribution in [2.24, 2.45) is 0 Å². The lowest BCUT2D eigenvalue weighted by atomic mass is 10.3. The van der Waals surface area contributed by atoms with E-state index in [1.54, 1.807) is 0 Å². The van der Waals surface area contributed by atoms with Gasteiger partial charge in [0.2, 0.25) is 5.89 Å². The molecule has 18 heavy (non-hydrogen) atoms. The minimum atomic E-state index is 0.209. The molecule has 6 nitrogen and oxygen atoms in total. The summed E-state index contributed by atoms with van der Waals surface area (Å²) in [4.78, 5) is 2.11. The van der Waals surface area contributed by atoms with Gasteiger partial charge in [0.15, 0.2) is 0 Å². The predicted octanol–water partition coefficient (Wildman–Crippen LogP) is 1.18. The molecular weight excluding hydrogens is 232 g/mol. The number of hydrogen-bond donors (Lipinski definition) is 1. The topological polar surface area (TPSA) is 63.4 Å². The standard InChI is InChI=1S/C12H22N4O2/c1-3-5-13-8-11-14-15-12(18-11)16-6-4-7-17-10(2)9-16/h10,13H,3-9H2,1-2H3. The number of anilines is 1. The van der Waals surface area contributed by atoms with E-state index in [0.717, 1.165) is 39.1 Å². The zero-order valence-electron chi connectivity index (χ0n) is 11.2. The molecule has 0 aliphatic carbocycles. The van der Waals surface area contributed by atoms with Crippen LogP contribution in [0.1, 0.15) is 32.6 Å². The highest BCUT2D eigenvalue weighted by molar-refractivity contribution is 5.24. The maximum absolute atomic E-state index is 5.66. The Balaban J connectivity index is 1.91. The molecule has 102 valence electrons. The summed E-state index contributed by atoms with van der Waals surface area (Å²) in [5.74, 6) is 0.649. The van der Waals surface area contributed by atoms with Gasteiger partial charge in [0.25, 0.3) is 0 Å². The van der Waals surface area contributed by atoms with Crippen LogP contribution in [0.15, 0.2) is 4.42 Å². The highest BCUT2D eigenvalue weighted by atomic mass is 16.5. The molecular formula is C12H22N4O2. The van der Waals surface area contributed by atoms with E-state index < -0.39 is 0 Å². The molecule has 1 N–H and O–H groups in total. The van der Waals surface area contributed by atoms with E-state index in [2.05, 4.69) is 34.3 Å². The van der Waals surface area contributed by atoms with Gasteiger partial charge >= 0.3 is 6.01 Å². The molecule has 1 fully saturated rings. The molecule has 1 unspecified atom stereocenters. The predicted molar refractivity (Wildman–Crippen MR) is 68.5 cm³/mol. The summed E-state index contributed by atoms with van der Waals surface area (Å²) in [6.45, 7) is 8.32. The van der Waals surface area contributed by atoms with Crippen molar-refractivity contribution in [3.05, 3.63) is 5.89 Å². The van der Waals surface area contributed by atoms with Crippen LogP contribution in [0, 0.1) is 0 Å². The van der Waals surface area contributed by atoms with Crippen molar-refractivity contribution in [2.75, 3.05) is 31.1 Å². The monoisotopic (exact) mass is 254 g/mol. The Hall–Kier alpha value is -1.14. The molecule has 2 heterocycles. The second-order valence-corrected chi connectivity index (χ2v) is 4.64. The zero-order valence-corrected chi connectivity index (χ0v) is 11.2. The number of nitrogens with zero attached hydrogens (tertiary/aromatic N) is 3. The molecule has 0 bridgehead atoms. The Morgan fingerprint density at radius 3 is 3.17 bits per heavy atom. The van der Waals surface area contributed by atoms with Crippen molar-refractivity contribution in [1.82, 2.24) is 15.5 Å². The molecule has 0 spiro atoms. The molecule has 1 aliphatic heterocycles. The van der Waals surface area contributed by atoms with Crippen molar-refractivity contribution < 1.29 is 9.15 Å². The van der Waals surface area contributed by atoms with E-state index in [1.807, 2.05) is 0 Å². The normalized spacial score (nSPS) is 21.0. The van der Waals surface area contributed by atoms with Gasteiger partial charge in [0, 0.05) is 19.7 Å². The molecule has 0 amide bonds. The fraction of sp³-hybridized carbons (Fsp3) is 0.833. The van der Waals surface area contributed by atoms with Crippen molar-refractivity contribution in [3.63, 3.8) is 0 Å². The minimum Gasteiger partial charge on any atom is -0.407 e. The van der Waals surface area contributed by atoms with E-state index in [1.165, 1.54) is 0 Å². The van der Waals surface area contributed by atoms with E-state index in [-0.39, 0.29) is 6.10 Å². The Kier molecular flexibility index (Phi) is 4.95. The van der Waals surface area contributed by atoms with Gasteiger partial charge in [-0.3, -0.25) is 0 Å². The second kappa shape index (κ2) is 6.70. The van der Waals surface area contributed by atoms with Crippen LogP contribution in [0.5, 0.6) is 0 Å². The molecule has 2 rings (SSSR count). The number of ether oxygens (including phenoxy) is 1. The maximum Gasteiger partial charge on any atom is 0.318 e. The molecule has 0 radical (unpaired) electrons.